The number of carboxylic acids is 1. The van der Waals surface area contributed by atoms with Crippen LogP contribution in [0, 0.1) is 0 Å². The highest BCUT2D eigenvalue weighted by molar-refractivity contribution is 5.83. The van der Waals surface area contributed by atoms with Crippen LogP contribution >= 0.6 is 0 Å². The minimum absolute atomic E-state index is 0.127. The maximum absolute atomic E-state index is 11.4. The number of carbonyl (C=O) groups excluding carboxylic acids is 1. The summed E-state index contributed by atoms with van der Waals surface area (Å²) in [5.41, 5.74) is 0. The van der Waals surface area contributed by atoms with E-state index in [1.54, 1.807) is 0 Å². The summed E-state index contributed by atoms with van der Waals surface area (Å²) in [6, 6.07) is -1.30. The number of aliphatic hydroxyl groups excluding tert-OH is 2. The highest BCUT2D eigenvalue weighted by atomic mass is 16.4. The van der Waals surface area contributed by atoms with Crippen molar-refractivity contribution in [3.63, 3.8) is 0 Å². The summed E-state index contributed by atoms with van der Waals surface area (Å²) < 4.78 is 0. The predicted molar refractivity (Wildman–Crippen MR) is 70.7 cm³/mol. The molecule has 0 aromatic heterocycles. The Morgan fingerprint density at radius 2 is 1.79 bits per heavy atom. The van der Waals surface area contributed by atoms with Gasteiger partial charge in [-0.1, -0.05) is 39.0 Å². The van der Waals surface area contributed by atoms with E-state index in [2.05, 4.69) is 12.2 Å². The van der Waals surface area contributed by atoms with E-state index in [0.717, 1.165) is 25.7 Å². The molecule has 0 bridgehead atoms. The Bertz CT molecular complexity index is 270. The highest BCUT2D eigenvalue weighted by Gasteiger charge is 2.20. The fraction of sp³-hybridized carbons (Fsp3) is 0.846. The molecule has 0 aliphatic carbocycles. The first-order valence-electron chi connectivity index (χ1n) is 6.82. The summed E-state index contributed by atoms with van der Waals surface area (Å²) in [6.45, 7) is 1.47. The SMILES string of the molecule is CCCCCCC[C@H](O)CC(=O)N[C@@H](CO)C(=O)O. The summed E-state index contributed by atoms with van der Waals surface area (Å²) in [7, 11) is 0. The summed E-state index contributed by atoms with van der Waals surface area (Å²) >= 11 is 0. The van der Waals surface area contributed by atoms with Crippen molar-refractivity contribution in [1.82, 2.24) is 5.32 Å². The molecular formula is C13H25NO5. The van der Waals surface area contributed by atoms with Crippen LogP contribution in [0.15, 0.2) is 0 Å². The van der Waals surface area contributed by atoms with Gasteiger partial charge in [0.2, 0.25) is 5.91 Å². The molecule has 0 aliphatic rings. The second-order valence-corrected chi connectivity index (χ2v) is 4.70. The Morgan fingerprint density at radius 3 is 2.32 bits per heavy atom. The molecule has 0 heterocycles. The van der Waals surface area contributed by atoms with Gasteiger partial charge < -0.3 is 20.6 Å². The van der Waals surface area contributed by atoms with E-state index in [1.165, 1.54) is 6.42 Å². The van der Waals surface area contributed by atoms with E-state index in [0.29, 0.717) is 6.42 Å². The first-order valence-corrected chi connectivity index (χ1v) is 6.82. The van der Waals surface area contributed by atoms with Crippen molar-refractivity contribution in [3.05, 3.63) is 0 Å². The predicted octanol–water partition coefficient (Wildman–Crippen LogP) is 0.660. The Kier molecular flexibility index (Phi) is 10.1. The third-order valence-electron chi connectivity index (χ3n) is 2.88. The van der Waals surface area contributed by atoms with Crippen molar-refractivity contribution in [2.45, 2.75) is 64.0 Å². The van der Waals surface area contributed by atoms with Crippen LogP contribution in [-0.4, -0.2) is 45.9 Å². The van der Waals surface area contributed by atoms with Crippen molar-refractivity contribution in [3.8, 4) is 0 Å². The number of nitrogens with one attached hydrogen (secondary N) is 1. The summed E-state index contributed by atoms with van der Waals surface area (Å²) in [5, 5.41) is 29.2. The first-order chi connectivity index (χ1) is 9.01. The van der Waals surface area contributed by atoms with Crippen molar-refractivity contribution >= 4 is 11.9 Å². The second-order valence-electron chi connectivity index (χ2n) is 4.70. The van der Waals surface area contributed by atoms with Crippen LogP contribution in [0.3, 0.4) is 0 Å². The fourth-order valence-corrected chi connectivity index (χ4v) is 1.74. The lowest BCUT2D eigenvalue weighted by molar-refractivity contribution is -0.143. The van der Waals surface area contributed by atoms with Crippen LogP contribution < -0.4 is 5.32 Å². The van der Waals surface area contributed by atoms with Crippen molar-refractivity contribution in [2.75, 3.05) is 6.61 Å². The number of amides is 1. The molecule has 0 radical (unpaired) electrons. The van der Waals surface area contributed by atoms with Crippen molar-refractivity contribution < 1.29 is 24.9 Å². The van der Waals surface area contributed by atoms with E-state index in [9.17, 15) is 14.7 Å². The average molecular weight is 275 g/mol. The van der Waals surface area contributed by atoms with Crippen molar-refractivity contribution in [1.29, 1.82) is 0 Å². The number of hydrogen-bond acceptors (Lipinski definition) is 4. The molecule has 0 saturated carbocycles. The second kappa shape index (κ2) is 10.8. The summed E-state index contributed by atoms with van der Waals surface area (Å²) in [5.74, 6) is -1.84. The summed E-state index contributed by atoms with van der Waals surface area (Å²) in [6.07, 6.45) is 5.00. The lowest BCUT2D eigenvalue weighted by atomic mass is 10.1. The molecule has 6 nitrogen and oxygen atoms in total. The Labute approximate surface area is 113 Å². The van der Waals surface area contributed by atoms with Gasteiger partial charge >= 0.3 is 5.97 Å². The maximum Gasteiger partial charge on any atom is 0.328 e. The molecule has 19 heavy (non-hydrogen) atoms. The molecule has 0 saturated heterocycles. The third-order valence-corrected chi connectivity index (χ3v) is 2.88. The number of carbonyl (C=O) groups is 2. The van der Waals surface area contributed by atoms with Gasteiger partial charge in [0.05, 0.1) is 19.1 Å². The van der Waals surface area contributed by atoms with Crippen molar-refractivity contribution in [2.24, 2.45) is 0 Å². The Morgan fingerprint density at radius 1 is 1.16 bits per heavy atom. The molecule has 0 unspecified atom stereocenters. The van der Waals surface area contributed by atoms with Crippen LogP contribution in [0.2, 0.25) is 0 Å². The zero-order valence-corrected chi connectivity index (χ0v) is 11.5. The lowest BCUT2D eigenvalue weighted by Gasteiger charge is -2.14. The van der Waals surface area contributed by atoms with Gasteiger partial charge in [0, 0.05) is 0 Å². The Balaban J connectivity index is 3.76. The largest absolute Gasteiger partial charge is 0.480 e. The zero-order valence-electron chi connectivity index (χ0n) is 11.5. The molecular weight excluding hydrogens is 250 g/mol. The topological polar surface area (TPSA) is 107 Å². The van der Waals surface area contributed by atoms with Gasteiger partial charge in [0.25, 0.3) is 0 Å². The number of carboxylic acid groups (broad SMARTS) is 1. The van der Waals surface area contributed by atoms with E-state index in [-0.39, 0.29) is 6.42 Å². The number of aliphatic hydroxyl groups is 2. The normalized spacial score (nSPS) is 13.8. The van der Waals surface area contributed by atoms with E-state index in [1.807, 2.05) is 0 Å². The molecule has 112 valence electrons. The highest BCUT2D eigenvalue weighted by Crippen LogP contribution is 2.09. The van der Waals surface area contributed by atoms with Gasteiger partial charge in [-0.3, -0.25) is 4.79 Å². The number of hydrogen-bond donors (Lipinski definition) is 4. The summed E-state index contributed by atoms with van der Waals surface area (Å²) in [4.78, 5) is 22.0. The average Bonchev–Trinajstić information content (AvgIpc) is 2.35. The number of rotatable bonds is 11. The van der Waals surface area contributed by atoms with Gasteiger partial charge in [-0.05, 0) is 6.42 Å². The van der Waals surface area contributed by atoms with Crippen LogP contribution in [0.1, 0.15) is 51.9 Å². The molecule has 0 aliphatic heterocycles. The molecule has 4 N–H and O–H groups in total. The molecule has 0 aromatic rings. The van der Waals surface area contributed by atoms with Crippen LogP contribution in [0.25, 0.3) is 0 Å². The Hall–Kier alpha value is -1.14. The van der Waals surface area contributed by atoms with Gasteiger partial charge in [-0.25, -0.2) is 4.79 Å². The standard InChI is InChI=1S/C13H25NO5/c1-2-3-4-5-6-7-10(16)8-12(17)14-11(9-15)13(18)19/h10-11,15-16H,2-9H2,1H3,(H,14,17)(H,18,19)/t10-,11-/m0/s1. The molecule has 0 aromatic carbocycles. The maximum atomic E-state index is 11.4. The van der Waals surface area contributed by atoms with E-state index >= 15 is 0 Å². The third kappa shape index (κ3) is 9.44. The van der Waals surface area contributed by atoms with Gasteiger partial charge in [0.1, 0.15) is 6.04 Å². The quantitative estimate of drug-likeness (QED) is 0.414. The molecule has 0 fully saturated rings. The fourth-order valence-electron chi connectivity index (χ4n) is 1.74. The smallest absolute Gasteiger partial charge is 0.328 e. The van der Waals surface area contributed by atoms with Gasteiger partial charge in [-0.2, -0.15) is 0 Å². The molecule has 0 rings (SSSR count). The zero-order chi connectivity index (χ0) is 14.7. The minimum atomic E-state index is -1.30. The first kappa shape index (κ1) is 17.9. The van der Waals surface area contributed by atoms with Crippen LogP contribution in [0.5, 0.6) is 0 Å². The van der Waals surface area contributed by atoms with E-state index < -0.39 is 30.6 Å². The van der Waals surface area contributed by atoms with Gasteiger partial charge in [0.15, 0.2) is 0 Å². The molecule has 0 spiro atoms. The molecule has 1 amide bonds. The molecule has 2 atom stereocenters. The van der Waals surface area contributed by atoms with Crippen LogP contribution in [0.4, 0.5) is 0 Å². The number of unbranched alkanes of at least 4 members (excludes halogenated alkanes) is 4. The lowest BCUT2D eigenvalue weighted by Crippen LogP contribution is -2.44. The van der Waals surface area contributed by atoms with E-state index in [4.69, 9.17) is 10.2 Å². The number of aliphatic carboxylic acids is 1. The molecule has 6 heteroatoms. The van der Waals surface area contributed by atoms with Crippen LogP contribution in [-0.2, 0) is 9.59 Å². The minimum Gasteiger partial charge on any atom is -0.480 e. The van der Waals surface area contributed by atoms with Gasteiger partial charge in [-0.15, -0.1) is 0 Å². The monoisotopic (exact) mass is 275 g/mol.